The van der Waals surface area contributed by atoms with Crippen LogP contribution in [0.5, 0.6) is 0 Å². The third-order valence-corrected chi connectivity index (χ3v) is 3.83. The summed E-state index contributed by atoms with van der Waals surface area (Å²) in [6.07, 6.45) is 4.65. The van der Waals surface area contributed by atoms with Crippen molar-refractivity contribution in [2.24, 2.45) is 7.05 Å². The molecule has 1 atom stereocenters. The van der Waals surface area contributed by atoms with Crippen molar-refractivity contribution in [1.82, 2.24) is 24.9 Å². The lowest BCUT2D eigenvalue weighted by Gasteiger charge is -2.20. The molecule has 2 aromatic rings. The molecule has 5 nitrogen and oxygen atoms in total. The molecular formula is C14H22ClN5. The Morgan fingerprint density at radius 3 is 2.60 bits per heavy atom. The van der Waals surface area contributed by atoms with E-state index in [2.05, 4.69) is 36.3 Å². The van der Waals surface area contributed by atoms with Crippen LogP contribution in [0.1, 0.15) is 43.3 Å². The smallest absolute Gasteiger partial charge is 0.0837 e. The van der Waals surface area contributed by atoms with Crippen LogP contribution in [0.4, 0.5) is 0 Å². The third kappa shape index (κ3) is 2.74. The van der Waals surface area contributed by atoms with E-state index in [1.807, 2.05) is 22.6 Å². The van der Waals surface area contributed by atoms with Crippen LogP contribution >= 0.6 is 11.6 Å². The molecule has 1 unspecified atom stereocenters. The number of hydrogen-bond acceptors (Lipinski definition) is 3. The zero-order valence-electron chi connectivity index (χ0n) is 12.5. The molecule has 20 heavy (non-hydrogen) atoms. The van der Waals surface area contributed by atoms with Crippen LogP contribution in [-0.2, 0) is 13.6 Å². The Morgan fingerprint density at radius 1 is 1.30 bits per heavy atom. The van der Waals surface area contributed by atoms with Crippen LogP contribution in [-0.4, -0.2) is 26.1 Å². The number of hydrogen-bond donors (Lipinski definition) is 1. The number of aromatic nitrogens is 4. The van der Waals surface area contributed by atoms with E-state index >= 15 is 0 Å². The molecule has 0 aliphatic carbocycles. The van der Waals surface area contributed by atoms with E-state index in [4.69, 9.17) is 11.6 Å². The summed E-state index contributed by atoms with van der Waals surface area (Å²) in [4.78, 5) is 0. The predicted octanol–water partition coefficient (Wildman–Crippen LogP) is 2.69. The van der Waals surface area contributed by atoms with Crippen molar-refractivity contribution in [1.29, 1.82) is 0 Å². The van der Waals surface area contributed by atoms with Gasteiger partial charge in [0, 0.05) is 24.8 Å². The van der Waals surface area contributed by atoms with Gasteiger partial charge in [0.15, 0.2) is 0 Å². The fourth-order valence-electron chi connectivity index (χ4n) is 2.41. The molecule has 110 valence electrons. The first kappa shape index (κ1) is 15.1. The highest BCUT2D eigenvalue weighted by Crippen LogP contribution is 2.30. The van der Waals surface area contributed by atoms with Crippen molar-refractivity contribution in [3.8, 4) is 0 Å². The topological polar surface area (TPSA) is 47.7 Å². The predicted molar refractivity (Wildman–Crippen MR) is 81.0 cm³/mol. The van der Waals surface area contributed by atoms with Gasteiger partial charge >= 0.3 is 0 Å². The first-order valence-electron chi connectivity index (χ1n) is 7.03. The molecule has 1 N–H and O–H groups in total. The summed E-state index contributed by atoms with van der Waals surface area (Å²) in [5.41, 5.74) is 3.30. The molecular weight excluding hydrogens is 274 g/mol. The molecule has 2 rings (SSSR count). The zero-order valence-corrected chi connectivity index (χ0v) is 13.3. The second-order valence-corrected chi connectivity index (χ2v) is 5.31. The molecule has 0 spiro atoms. The summed E-state index contributed by atoms with van der Waals surface area (Å²) in [7, 11) is 1.95. The maximum atomic E-state index is 6.37. The van der Waals surface area contributed by atoms with E-state index in [1.54, 1.807) is 6.20 Å². The second kappa shape index (κ2) is 6.41. The summed E-state index contributed by atoms with van der Waals surface area (Å²) >= 11 is 6.37. The largest absolute Gasteiger partial charge is 0.305 e. The number of nitrogens with zero attached hydrogens (tertiary/aromatic N) is 4. The molecule has 0 aromatic carbocycles. The molecule has 0 saturated carbocycles. The van der Waals surface area contributed by atoms with Crippen LogP contribution in [0.25, 0.3) is 0 Å². The fraction of sp³-hybridized carbons (Fsp3) is 0.571. The molecule has 0 aliphatic rings. The SMILES string of the molecule is CCCn1ncc(Cl)c1C(NCC)c1cnn(C)c1C. The van der Waals surface area contributed by atoms with E-state index in [9.17, 15) is 0 Å². The van der Waals surface area contributed by atoms with E-state index in [-0.39, 0.29) is 6.04 Å². The molecule has 0 radical (unpaired) electrons. The zero-order chi connectivity index (χ0) is 14.7. The van der Waals surface area contributed by atoms with Gasteiger partial charge in [-0.15, -0.1) is 0 Å². The highest BCUT2D eigenvalue weighted by atomic mass is 35.5. The van der Waals surface area contributed by atoms with Crippen molar-refractivity contribution in [3.63, 3.8) is 0 Å². The minimum Gasteiger partial charge on any atom is -0.305 e. The third-order valence-electron chi connectivity index (χ3n) is 3.53. The highest BCUT2D eigenvalue weighted by molar-refractivity contribution is 6.31. The van der Waals surface area contributed by atoms with Gasteiger partial charge in [0.2, 0.25) is 0 Å². The van der Waals surface area contributed by atoms with Gasteiger partial charge in [-0.2, -0.15) is 10.2 Å². The average Bonchev–Trinajstić information content (AvgIpc) is 2.94. The number of halogens is 1. The summed E-state index contributed by atoms with van der Waals surface area (Å²) in [6, 6.07) is 0.0234. The van der Waals surface area contributed by atoms with Crippen molar-refractivity contribution < 1.29 is 0 Å². The van der Waals surface area contributed by atoms with Gasteiger partial charge in [-0.1, -0.05) is 25.4 Å². The van der Waals surface area contributed by atoms with Gasteiger partial charge in [-0.05, 0) is 19.9 Å². The Kier molecular flexibility index (Phi) is 4.83. The average molecular weight is 296 g/mol. The maximum Gasteiger partial charge on any atom is 0.0837 e. The van der Waals surface area contributed by atoms with E-state index in [1.165, 1.54) is 0 Å². The van der Waals surface area contributed by atoms with Gasteiger partial charge in [0.25, 0.3) is 0 Å². The Morgan fingerprint density at radius 2 is 2.05 bits per heavy atom. The summed E-state index contributed by atoms with van der Waals surface area (Å²) in [5, 5.41) is 12.9. The molecule has 2 aromatic heterocycles. The molecule has 6 heteroatoms. The van der Waals surface area contributed by atoms with Gasteiger partial charge in [0.1, 0.15) is 0 Å². The Labute approximate surface area is 124 Å². The number of nitrogens with one attached hydrogen (secondary N) is 1. The van der Waals surface area contributed by atoms with Crippen molar-refractivity contribution in [3.05, 3.63) is 34.4 Å². The number of aryl methyl sites for hydroxylation is 2. The molecule has 0 amide bonds. The van der Waals surface area contributed by atoms with Crippen molar-refractivity contribution in [2.45, 2.75) is 39.8 Å². The van der Waals surface area contributed by atoms with Crippen LogP contribution in [0, 0.1) is 6.92 Å². The first-order valence-corrected chi connectivity index (χ1v) is 7.41. The molecule has 0 aliphatic heterocycles. The van der Waals surface area contributed by atoms with E-state index in [0.717, 1.165) is 36.5 Å². The lowest BCUT2D eigenvalue weighted by molar-refractivity contribution is 0.519. The minimum absolute atomic E-state index is 0.0234. The van der Waals surface area contributed by atoms with Crippen molar-refractivity contribution in [2.75, 3.05) is 6.54 Å². The Balaban J connectivity index is 2.48. The van der Waals surface area contributed by atoms with E-state index < -0.39 is 0 Å². The van der Waals surface area contributed by atoms with Crippen LogP contribution < -0.4 is 5.32 Å². The normalized spacial score (nSPS) is 12.8. The summed E-state index contributed by atoms with van der Waals surface area (Å²) < 4.78 is 3.87. The molecule has 0 bridgehead atoms. The molecule has 2 heterocycles. The summed E-state index contributed by atoms with van der Waals surface area (Å²) in [5.74, 6) is 0. The van der Waals surface area contributed by atoms with Crippen molar-refractivity contribution >= 4 is 11.6 Å². The van der Waals surface area contributed by atoms with Gasteiger partial charge in [-0.25, -0.2) is 0 Å². The monoisotopic (exact) mass is 295 g/mol. The lowest BCUT2D eigenvalue weighted by Crippen LogP contribution is -2.25. The lowest BCUT2D eigenvalue weighted by atomic mass is 10.0. The van der Waals surface area contributed by atoms with E-state index in [0.29, 0.717) is 5.02 Å². The minimum atomic E-state index is 0.0234. The fourth-order valence-corrected chi connectivity index (χ4v) is 2.66. The van der Waals surface area contributed by atoms with Gasteiger partial charge in [0.05, 0.1) is 29.2 Å². The Hall–Kier alpha value is -1.33. The standard InChI is InChI=1S/C14H22ClN5/c1-5-7-20-14(12(15)9-18-20)13(16-6-2)11-8-17-19(4)10(11)3/h8-9,13,16H,5-7H2,1-4H3. The Bertz CT molecular complexity index is 572. The van der Waals surface area contributed by atoms with Gasteiger partial charge < -0.3 is 5.32 Å². The quantitative estimate of drug-likeness (QED) is 0.891. The van der Waals surface area contributed by atoms with Crippen LogP contribution in [0.2, 0.25) is 5.02 Å². The van der Waals surface area contributed by atoms with Gasteiger partial charge in [-0.3, -0.25) is 9.36 Å². The molecule has 0 saturated heterocycles. The van der Waals surface area contributed by atoms with Crippen LogP contribution in [0.3, 0.4) is 0 Å². The summed E-state index contributed by atoms with van der Waals surface area (Å²) in [6.45, 7) is 8.01. The molecule has 0 fully saturated rings. The highest BCUT2D eigenvalue weighted by Gasteiger charge is 2.24. The maximum absolute atomic E-state index is 6.37. The first-order chi connectivity index (χ1) is 9.60. The second-order valence-electron chi connectivity index (χ2n) is 4.90. The number of rotatable bonds is 6. The van der Waals surface area contributed by atoms with Crippen LogP contribution in [0.15, 0.2) is 12.4 Å².